The molecule has 9 heteroatoms. The zero-order valence-electron chi connectivity index (χ0n) is 15.0. The van der Waals surface area contributed by atoms with E-state index >= 15 is 0 Å². The summed E-state index contributed by atoms with van der Waals surface area (Å²) in [6, 6.07) is 2.76. The van der Waals surface area contributed by atoms with Crippen molar-refractivity contribution in [1.82, 2.24) is 4.90 Å². The fourth-order valence-corrected chi connectivity index (χ4v) is 4.14. The van der Waals surface area contributed by atoms with Crippen LogP contribution in [-0.2, 0) is 9.53 Å². The highest BCUT2D eigenvalue weighted by atomic mass is 32.2. The van der Waals surface area contributed by atoms with E-state index in [1.54, 1.807) is 16.7 Å². The Hall–Kier alpha value is -1.48. The highest BCUT2D eigenvalue weighted by molar-refractivity contribution is 7.99. The molecule has 0 aliphatic carbocycles. The number of carbonyl (C=O) groups is 1. The van der Waals surface area contributed by atoms with Crippen LogP contribution in [0.2, 0.25) is 0 Å². The Balaban J connectivity index is 1.65. The molecule has 0 aromatic heterocycles. The SMILES string of the molecule is Cc1cc(F)c(N2CCN(C(=O)C3CCCO3)CC2)cc1SCC(F)(F)F. The number of nitrogens with zero attached hydrogens (tertiary/aromatic N) is 2. The van der Waals surface area contributed by atoms with Crippen molar-refractivity contribution in [1.29, 1.82) is 0 Å². The number of hydrogen-bond acceptors (Lipinski definition) is 4. The van der Waals surface area contributed by atoms with Crippen LogP contribution in [-0.4, -0.2) is 61.6 Å². The van der Waals surface area contributed by atoms with E-state index in [9.17, 15) is 22.4 Å². The lowest BCUT2D eigenvalue weighted by Crippen LogP contribution is -2.51. The number of ether oxygens (including phenoxy) is 1. The summed E-state index contributed by atoms with van der Waals surface area (Å²) in [5.41, 5.74) is 0.771. The molecule has 0 saturated carbocycles. The Labute approximate surface area is 159 Å². The number of piperazine rings is 1. The van der Waals surface area contributed by atoms with Crippen LogP contribution in [0.5, 0.6) is 0 Å². The van der Waals surface area contributed by atoms with Crippen LogP contribution < -0.4 is 4.90 Å². The minimum atomic E-state index is -4.28. The van der Waals surface area contributed by atoms with Crippen molar-refractivity contribution in [3.8, 4) is 0 Å². The Morgan fingerprint density at radius 3 is 2.56 bits per heavy atom. The van der Waals surface area contributed by atoms with Crippen molar-refractivity contribution in [3.05, 3.63) is 23.5 Å². The number of carbonyl (C=O) groups excluding carboxylic acids is 1. The molecule has 4 nitrogen and oxygen atoms in total. The largest absolute Gasteiger partial charge is 0.398 e. The quantitative estimate of drug-likeness (QED) is 0.565. The second-order valence-electron chi connectivity index (χ2n) is 6.79. The van der Waals surface area contributed by atoms with Gasteiger partial charge in [-0.2, -0.15) is 13.2 Å². The number of alkyl halides is 3. The Morgan fingerprint density at radius 2 is 1.96 bits per heavy atom. The molecule has 2 aliphatic rings. The molecule has 1 aromatic rings. The Bertz CT molecular complexity index is 685. The minimum Gasteiger partial charge on any atom is -0.368 e. The average Bonchev–Trinajstić information content (AvgIpc) is 3.14. The van der Waals surface area contributed by atoms with Gasteiger partial charge < -0.3 is 14.5 Å². The van der Waals surface area contributed by atoms with Crippen LogP contribution in [0.25, 0.3) is 0 Å². The van der Waals surface area contributed by atoms with Crippen molar-refractivity contribution in [2.75, 3.05) is 43.4 Å². The smallest absolute Gasteiger partial charge is 0.368 e. The molecular formula is C18H22F4N2O2S. The fourth-order valence-electron chi connectivity index (χ4n) is 3.34. The number of anilines is 1. The van der Waals surface area contributed by atoms with E-state index < -0.39 is 17.7 Å². The van der Waals surface area contributed by atoms with Gasteiger partial charge >= 0.3 is 6.18 Å². The molecule has 0 bridgehead atoms. The van der Waals surface area contributed by atoms with Crippen molar-refractivity contribution < 1.29 is 27.1 Å². The first-order chi connectivity index (χ1) is 12.7. The molecule has 0 radical (unpaired) electrons. The molecule has 150 valence electrons. The molecule has 2 aliphatic heterocycles. The van der Waals surface area contributed by atoms with Crippen LogP contribution in [0.4, 0.5) is 23.2 Å². The average molecular weight is 406 g/mol. The first-order valence-electron chi connectivity index (χ1n) is 8.89. The molecular weight excluding hydrogens is 384 g/mol. The van der Waals surface area contributed by atoms with Gasteiger partial charge in [-0.3, -0.25) is 4.79 Å². The van der Waals surface area contributed by atoms with Gasteiger partial charge in [0.05, 0.1) is 11.4 Å². The molecule has 27 heavy (non-hydrogen) atoms. The van der Waals surface area contributed by atoms with Crippen molar-refractivity contribution in [2.24, 2.45) is 0 Å². The van der Waals surface area contributed by atoms with Gasteiger partial charge in [0.2, 0.25) is 0 Å². The number of hydrogen-bond donors (Lipinski definition) is 0. The third-order valence-electron chi connectivity index (χ3n) is 4.77. The molecule has 1 atom stereocenters. The summed E-state index contributed by atoms with van der Waals surface area (Å²) in [6.45, 7) is 3.95. The Morgan fingerprint density at radius 1 is 1.26 bits per heavy atom. The first-order valence-corrected chi connectivity index (χ1v) is 9.88. The maximum Gasteiger partial charge on any atom is 0.398 e. The summed E-state index contributed by atoms with van der Waals surface area (Å²) in [6.07, 6.45) is -3.05. The van der Waals surface area contributed by atoms with E-state index in [1.165, 1.54) is 12.1 Å². The van der Waals surface area contributed by atoms with Crippen molar-refractivity contribution >= 4 is 23.4 Å². The molecule has 0 spiro atoms. The van der Waals surface area contributed by atoms with Gasteiger partial charge in [-0.1, -0.05) is 0 Å². The van der Waals surface area contributed by atoms with Gasteiger partial charge in [-0.15, -0.1) is 11.8 Å². The van der Waals surface area contributed by atoms with Gasteiger partial charge in [-0.05, 0) is 37.5 Å². The number of benzene rings is 1. The van der Waals surface area contributed by atoms with Crippen molar-refractivity contribution in [2.45, 2.75) is 36.9 Å². The zero-order chi connectivity index (χ0) is 19.6. The third-order valence-corrected chi connectivity index (χ3v) is 6.00. The predicted molar refractivity (Wildman–Crippen MR) is 95.7 cm³/mol. The minimum absolute atomic E-state index is 0.0297. The van der Waals surface area contributed by atoms with E-state index in [0.29, 0.717) is 55.0 Å². The summed E-state index contributed by atoms with van der Waals surface area (Å²) in [7, 11) is 0. The summed E-state index contributed by atoms with van der Waals surface area (Å²) in [5, 5.41) is 0. The highest BCUT2D eigenvalue weighted by Crippen LogP contribution is 2.34. The van der Waals surface area contributed by atoms with Crippen LogP contribution in [0.15, 0.2) is 17.0 Å². The van der Waals surface area contributed by atoms with E-state index in [0.717, 1.165) is 12.8 Å². The number of halogens is 4. The summed E-state index contributed by atoms with van der Waals surface area (Å²) >= 11 is 0.664. The maximum atomic E-state index is 14.4. The van der Waals surface area contributed by atoms with Gasteiger partial charge in [0.15, 0.2) is 0 Å². The van der Waals surface area contributed by atoms with Crippen molar-refractivity contribution in [3.63, 3.8) is 0 Å². The summed E-state index contributed by atoms with van der Waals surface area (Å²) < 4.78 is 57.3. The van der Waals surface area contributed by atoms with Crippen LogP contribution in [0.1, 0.15) is 18.4 Å². The van der Waals surface area contributed by atoms with Crippen LogP contribution >= 0.6 is 11.8 Å². The highest BCUT2D eigenvalue weighted by Gasteiger charge is 2.31. The van der Waals surface area contributed by atoms with E-state index in [1.807, 2.05) is 0 Å². The first kappa shape index (κ1) is 20.3. The van der Waals surface area contributed by atoms with Gasteiger partial charge in [-0.25, -0.2) is 4.39 Å². The second-order valence-corrected chi connectivity index (χ2v) is 7.80. The molecule has 2 fully saturated rings. The molecule has 1 amide bonds. The van der Waals surface area contributed by atoms with E-state index in [2.05, 4.69) is 0 Å². The monoisotopic (exact) mass is 406 g/mol. The number of amides is 1. The van der Waals surface area contributed by atoms with Crippen LogP contribution in [0.3, 0.4) is 0 Å². The lowest BCUT2D eigenvalue weighted by Gasteiger charge is -2.37. The molecule has 1 unspecified atom stereocenters. The number of thioether (sulfide) groups is 1. The normalized spacial score (nSPS) is 21.0. The van der Waals surface area contributed by atoms with Crippen LogP contribution in [0, 0.1) is 12.7 Å². The lowest BCUT2D eigenvalue weighted by atomic mass is 10.1. The standard InChI is InChI=1S/C18H22F4N2O2S/c1-12-9-13(19)14(10-16(12)27-11-18(20,21)22)23-4-6-24(7-5-23)17(25)15-3-2-8-26-15/h9-10,15H,2-8,11H2,1H3. The molecule has 3 rings (SSSR count). The molecule has 1 aromatic carbocycles. The lowest BCUT2D eigenvalue weighted by molar-refractivity contribution is -0.141. The predicted octanol–water partition coefficient (Wildman–Crippen LogP) is 3.62. The number of aryl methyl sites for hydroxylation is 1. The maximum absolute atomic E-state index is 14.4. The third kappa shape index (κ3) is 5.07. The van der Waals surface area contributed by atoms with Gasteiger partial charge in [0, 0.05) is 37.7 Å². The summed E-state index contributed by atoms with van der Waals surface area (Å²) in [5.74, 6) is -1.50. The fraction of sp³-hybridized carbons (Fsp3) is 0.611. The number of rotatable bonds is 4. The second kappa shape index (κ2) is 8.26. The topological polar surface area (TPSA) is 32.8 Å². The molecule has 2 saturated heterocycles. The molecule has 2 heterocycles. The van der Waals surface area contributed by atoms with E-state index in [-0.39, 0.29) is 17.7 Å². The molecule has 0 N–H and O–H groups in total. The van der Waals surface area contributed by atoms with E-state index in [4.69, 9.17) is 4.74 Å². The zero-order valence-corrected chi connectivity index (χ0v) is 15.8. The Kier molecular flexibility index (Phi) is 6.20. The summed E-state index contributed by atoms with van der Waals surface area (Å²) in [4.78, 5) is 16.3. The van der Waals surface area contributed by atoms with Gasteiger partial charge in [0.1, 0.15) is 11.9 Å². The van der Waals surface area contributed by atoms with Gasteiger partial charge in [0.25, 0.3) is 5.91 Å².